The van der Waals surface area contributed by atoms with E-state index in [4.69, 9.17) is 10.8 Å². The van der Waals surface area contributed by atoms with E-state index in [1.807, 2.05) is 0 Å². The SMILES string of the molecule is CC(C)C(NC(=O)C(CS)NC(=O)C(Cc1cnc[nH]1)NC(=O)C(N)CC(=O)O)C(=O)O. The number of aromatic amines is 1. The fourth-order valence-corrected chi connectivity index (χ4v) is 2.88. The topological polar surface area (TPSA) is 217 Å². The van der Waals surface area contributed by atoms with E-state index in [0.29, 0.717) is 5.69 Å². The molecule has 32 heavy (non-hydrogen) atoms. The summed E-state index contributed by atoms with van der Waals surface area (Å²) in [6, 6.07) is -4.98. The second-order valence-electron chi connectivity index (χ2n) is 7.36. The summed E-state index contributed by atoms with van der Waals surface area (Å²) in [7, 11) is 0. The van der Waals surface area contributed by atoms with Crippen LogP contribution in [0, 0.1) is 5.92 Å². The zero-order valence-electron chi connectivity index (χ0n) is 17.6. The number of rotatable bonds is 13. The maximum Gasteiger partial charge on any atom is 0.326 e. The smallest absolute Gasteiger partial charge is 0.326 e. The molecule has 4 unspecified atom stereocenters. The van der Waals surface area contributed by atoms with E-state index < -0.39 is 66.2 Å². The predicted molar refractivity (Wildman–Crippen MR) is 115 cm³/mol. The van der Waals surface area contributed by atoms with Crippen molar-refractivity contribution < 1.29 is 34.2 Å². The number of nitrogens with zero attached hydrogens (tertiary/aromatic N) is 1. The van der Waals surface area contributed by atoms with Gasteiger partial charge in [-0.3, -0.25) is 19.2 Å². The Morgan fingerprint density at radius 2 is 1.66 bits per heavy atom. The van der Waals surface area contributed by atoms with Crippen LogP contribution in [0.25, 0.3) is 0 Å². The highest BCUT2D eigenvalue weighted by Gasteiger charge is 2.31. The van der Waals surface area contributed by atoms with Crippen molar-refractivity contribution in [2.45, 2.75) is 50.9 Å². The molecular weight excluding hydrogens is 444 g/mol. The van der Waals surface area contributed by atoms with Crippen molar-refractivity contribution in [3.05, 3.63) is 18.2 Å². The number of hydrogen-bond acceptors (Lipinski definition) is 8. The Labute approximate surface area is 189 Å². The number of carboxylic acid groups (broad SMARTS) is 2. The van der Waals surface area contributed by atoms with Gasteiger partial charge in [0.25, 0.3) is 0 Å². The van der Waals surface area contributed by atoms with Crippen LogP contribution in [-0.2, 0) is 30.4 Å². The molecule has 3 amide bonds. The van der Waals surface area contributed by atoms with Gasteiger partial charge in [-0.25, -0.2) is 9.78 Å². The van der Waals surface area contributed by atoms with Crippen molar-refractivity contribution in [2.75, 3.05) is 5.75 Å². The molecule has 0 aliphatic rings. The first-order valence-electron chi connectivity index (χ1n) is 9.65. The number of aromatic nitrogens is 2. The molecule has 0 fully saturated rings. The Balaban J connectivity index is 2.94. The van der Waals surface area contributed by atoms with E-state index in [0.717, 1.165) is 0 Å². The molecule has 178 valence electrons. The van der Waals surface area contributed by atoms with Gasteiger partial charge in [-0.15, -0.1) is 0 Å². The summed E-state index contributed by atoms with van der Waals surface area (Å²) in [5.41, 5.74) is 6.03. The van der Waals surface area contributed by atoms with Gasteiger partial charge in [-0.05, 0) is 5.92 Å². The first-order chi connectivity index (χ1) is 15.0. The highest BCUT2D eigenvalue weighted by Crippen LogP contribution is 2.05. The van der Waals surface area contributed by atoms with Crippen LogP contribution in [0.1, 0.15) is 26.0 Å². The molecule has 0 aromatic carbocycles. The van der Waals surface area contributed by atoms with Crippen LogP contribution in [0.2, 0.25) is 0 Å². The fraction of sp³-hybridized carbons (Fsp3) is 0.556. The minimum atomic E-state index is -1.39. The van der Waals surface area contributed by atoms with Gasteiger partial charge in [-0.1, -0.05) is 13.8 Å². The van der Waals surface area contributed by atoms with Gasteiger partial charge in [0.1, 0.15) is 18.1 Å². The third-order valence-corrected chi connectivity index (χ3v) is 4.75. The molecule has 1 rings (SSSR count). The van der Waals surface area contributed by atoms with Crippen LogP contribution in [0.15, 0.2) is 12.5 Å². The molecule has 4 atom stereocenters. The van der Waals surface area contributed by atoms with E-state index in [-0.39, 0.29) is 12.2 Å². The Morgan fingerprint density at radius 1 is 1.06 bits per heavy atom. The highest BCUT2D eigenvalue weighted by atomic mass is 32.1. The summed E-state index contributed by atoms with van der Waals surface area (Å²) >= 11 is 4.04. The zero-order chi connectivity index (χ0) is 24.4. The lowest BCUT2D eigenvalue weighted by molar-refractivity contribution is -0.143. The summed E-state index contributed by atoms with van der Waals surface area (Å²) in [6.07, 6.45) is 2.09. The van der Waals surface area contributed by atoms with E-state index >= 15 is 0 Å². The highest BCUT2D eigenvalue weighted by molar-refractivity contribution is 7.80. The number of imidazole rings is 1. The summed E-state index contributed by atoms with van der Waals surface area (Å²) in [5.74, 6) is -5.47. The van der Waals surface area contributed by atoms with Crippen molar-refractivity contribution in [1.29, 1.82) is 0 Å². The molecule has 8 N–H and O–H groups in total. The third-order valence-electron chi connectivity index (χ3n) is 4.39. The number of nitrogens with two attached hydrogens (primary N) is 1. The van der Waals surface area contributed by atoms with Crippen LogP contribution < -0.4 is 21.7 Å². The summed E-state index contributed by atoms with van der Waals surface area (Å²) in [5, 5.41) is 25.2. The van der Waals surface area contributed by atoms with E-state index in [1.165, 1.54) is 12.5 Å². The molecule has 0 saturated heterocycles. The van der Waals surface area contributed by atoms with E-state index in [9.17, 15) is 29.1 Å². The maximum atomic E-state index is 12.8. The Bertz CT molecular complexity index is 817. The van der Waals surface area contributed by atoms with Crippen LogP contribution in [0.5, 0.6) is 0 Å². The van der Waals surface area contributed by atoms with Crippen molar-refractivity contribution >= 4 is 42.3 Å². The van der Waals surface area contributed by atoms with Gasteiger partial charge >= 0.3 is 11.9 Å². The van der Waals surface area contributed by atoms with Gasteiger partial charge in [0.2, 0.25) is 17.7 Å². The monoisotopic (exact) mass is 472 g/mol. The van der Waals surface area contributed by atoms with Gasteiger partial charge in [-0.2, -0.15) is 12.6 Å². The van der Waals surface area contributed by atoms with Crippen LogP contribution in [0.4, 0.5) is 0 Å². The Morgan fingerprint density at radius 3 is 2.12 bits per heavy atom. The number of carbonyl (C=O) groups is 5. The van der Waals surface area contributed by atoms with Crippen LogP contribution >= 0.6 is 12.6 Å². The number of amides is 3. The molecule has 0 saturated carbocycles. The lowest BCUT2D eigenvalue weighted by Crippen LogP contribution is -2.58. The number of H-pyrrole nitrogens is 1. The Hall–Kier alpha value is -3.13. The van der Waals surface area contributed by atoms with E-state index in [2.05, 4.69) is 38.5 Å². The van der Waals surface area contributed by atoms with Crippen LogP contribution in [-0.4, -0.2) is 79.8 Å². The lowest BCUT2D eigenvalue weighted by atomic mass is 10.0. The van der Waals surface area contributed by atoms with Gasteiger partial charge in [0, 0.05) is 24.1 Å². The van der Waals surface area contributed by atoms with Crippen molar-refractivity contribution in [3.8, 4) is 0 Å². The molecule has 13 nitrogen and oxygen atoms in total. The van der Waals surface area contributed by atoms with Crippen molar-refractivity contribution in [3.63, 3.8) is 0 Å². The predicted octanol–water partition coefficient (Wildman–Crippen LogP) is -2.12. The number of hydrogen-bond donors (Lipinski definition) is 8. The number of carboxylic acids is 2. The number of thiol groups is 1. The van der Waals surface area contributed by atoms with Gasteiger partial charge in [0.05, 0.1) is 18.8 Å². The molecule has 0 aliphatic carbocycles. The zero-order valence-corrected chi connectivity index (χ0v) is 18.5. The number of carbonyl (C=O) groups excluding carboxylic acids is 3. The third kappa shape index (κ3) is 8.55. The average molecular weight is 473 g/mol. The molecule has 1 aromatic rings. The minimum absolute atomic E-state index is 0.0536. The maximum absolute atomic E-state index is 12.8. The second kappa shape index (κ2) is 12.7. The minimum Gasteiger partial charge on any atom is -0.481 e. The lowest BCUT2D eigenvalue weighted by Gasteiger charge is -2.25. The average Bonchev–Trinajstić information content (AvgIpc) is 3.21. The molecule has 0 aliphatic heterocycles. The summed E-state index contributed by atoms with van der Waals surface area (Å²) in [4.78, 5) is 66.3. The van der Waals surface area contributed by atoms with Gasteiger partial charge < -0.3 is 36.9 Å². The number of aliphatic carboxylic acids is 2. The largest absolute Gasteiger partial charge is 0.481 e. The molecule has 14 heteroatoms. The second-order valence-corrected chi connectivity index (χ2v) is 7.72. The quantitative estimate of drug-likeness (QED) is 0.147. The molecule has 1 heterocycles. The molecule has 0 radical (unpaired) electrons. The normalized spacial score (nSPS) is 14.7. The molecule has 0 spiro atoms. The fourth-order valence-electron chi connectivity index (χ4n) is 2.62. The molecule has 0 bridgehead atoms. The molecular formula is C18H28N6O7S. The van der Waals surface area contributed by atoms with E-state index in [1.54, 1.807) is 13.8 Å². The Kier molecular flexibility index (Phi) is 10.6. The molecule has 1 aromatic heterocycles. The van der Waals surface area contributed by atoms with Gasteiger partial charge in [0.15, 0.2) is 0 Å². The standard InChI is InChI=1S/C18H28N6O7S/c1-8(2)14(18(30)31)24-17(29)12(6-32)23-16(28)11(3-9-5-20-7-21-9)22-15(27)10(19)4-13(25)26/h5,7-8,10-12,14,32H,3-4,6,19H2,1-2H3,(H,20,21)(H,22,27)(H,23,28)(H,24,29)(H,25,26)(H,30,31). The first-order valence-corrected chi connectivity index (χ1v) is 10.3. The first kappa shape index (κ1) is 26.9. The summed E-state index contributed by atoms with van der Waals surface area (Å²) < 4.78 is 0. The van der Waals surface area contributed by atoms with Crippen LogP contribution in [0.3, 0.4) is 0 Å². The number of nitrogens with one attached hydrogen (secondary N) is 4. The van der Waals surface area contributed by atoms with Crippen molar-refractivity contribution in [2.24, 2.45) is 11.7 Å². The van der Waals surface area contributed by atoms with Crippen molar-refractivity contribution in [1.82, 2.24) is 25.9 Å². The summed E-state index contributed by atoms with van der Waals surface area (Å²) in [6.45, 7) is 3.23.